The summed E-state index contributed by atoms with van der Waals surface area (Å²) >= 11 is 0. The van der Waals surface area contributed by atoms with E-state index in [0.29, 0.717) is 18.4 Å². The molecule has 1 aromatic heterocycles. The highest BCUT2D eigenvalue weighted by atomic mass is 16.6. The Balaban J connectivity index is 1.85. The molecule has 0 fully saturated rings. The summed E-state index contributed by atoms with van der Waals surface area (Å²) in [5.74, 6) is -2.67. The quantitative estimate of drug-likeness (QED) is 0.0806. The second-order valence-corrected chi connectivity index (χ2v) is 15.9. The van der Waals surface area contributed by atoms with Gasteiger partial charge in [0.2, 0.25) is 23.7 Å². The summed E-state index contributed by atoms with van der Waals surface area (Å²) < 4.78 is 15.9. The molecule has 1 heterocycles. The molecule has 0 unspecified atom stereocenters. The maximum Gasteiger partial charge on any atom is 0.414 e. The number of alkyl carbamates (subject to hydrolysis) is 1. The summed E-state index contributed by atoms with van der Waals surface area (Å²) in [5.41, 5.74) is 0.391. The van der Waals surface area contributed by atoms with Crippen molar-refractivity contribution < 1.29 is 43.0 Å². The van der Waals surface area contributed by atoms with Gasteiger partial charge in [0.15, 0.2) is 0 Å². The Kier molecular flexibility index (Phi) is 18.3. The van der Waals surface area contributed by atoms with Gasteiger partial charge in [0.05, 0.1) is 6.61 Å². The summed E-state index contributed by atoms with van der Waals surface area (Å²) in [5, 5.41) is 13.5. The zero-order valence-electron chi connectivity index (χ0n) is 35.3. The highest BCUT2D eigenvalue weighted by Gasteiger charge is 2.33. The molecule has 0 spiro atoms. The van der Waals surface area contributed by atoms with Gasteiger partial charge in [-0.1, -0.05) is 80.4 Å². The number of anilines is 1. The van der Waals surface area contributed by atoms with Gasteiger partial charge in [0.1, 0.15) is 35.4 Å². The number of nitrogens with one attached hydrogen (secondary N) is 5. The molecule has 16 heteroatoms. The first-order valence-corrected chi connectivity index (χ1v) is 19.8. The normalized spacial score (nSPS) is 13.4. The van der Waals surface area contributed by atoms with E-state index in [0.717, 1.165) is 11.1 Å². The van der Waals surface area contributed by atoms with Crippen molar-refractivity contribution in [2.45, 2.75) is 129 Å². The fraction of sp³-hybridized carbons (Fsp3) is 0.488. The number of amides is 5. The highest BCUT2D eigenvalue weighted by molar-refractivity contribution is 5.95. The average Bonchev–Trinajstić information content (AvgIpc) is 3.15. The lowest BCUT2D eigenvalue weighted by atomic mass is 10.0. The Hall–Kier alpha value is -6.06. The van der Waals surface area contributed by atoms with Gasteiger partial charge in [0, 0.05) is 31.7 Å². The second kappa shape index (κ2) is 22.8. The molecule has 0 saturated carbocycles. The number of carbonyl (C=O) groups is 6. The summed E-state index contributed by atoms with van der Waals surface area (Å²) in [7, 11) is 0. The zero-order valence-corrected chi connectivity index (χ0v) is 35.3. The van der Waals surface area contributed by atoms with E-state index in [9.17, 15) is 28.8 Å². The molecule has 0 saturated heterocycles. The lowest BCUT2D eigenvalue weighted by Crippen LogP contribution is -2.58. The van der Waals surface area contributed by atoms with Crippen LogP contribution in [0.2, 0.25) is 0 Å². The molecule has 0 radical (unpaired) electrons. The Morgan fingerprint density at radius 2 is 1.02 bits per heavy atom. The first-order chi connectivity index (χ1) is 27.8. The van der Waals surface area contributed by atoms with E-state index in [2.05, 4.69) is 36.6 Å². The van der Waals surface area contributed by atoms with Gasteiger partial charge in [-0.2, -0.15) is 0 Å². The molecular weight excluding hydrogens is 759 g/mol. The van der Waals surface area contributed by atoms with Crippen molar-refractivity contribution in [3.63, 3.8) is 0 Å². The zero-order chi connectivity index (χ0) is 43.6. The maximum atomic E-state index is 14.2. The van der Waals surface area contributed by atoms with Crippen molar-refractivity contribution in [3.8, 4) is 0 Å². The van der Waals surface area contributed by atoms with Crippen LogP contribution in [0.25, 0.3) is 0 Å². The SMILES string of the molecule is CCCC[C@@H](NC(=O)[C@@H](Cc1ccccc1)NC(=O)[C@@H](Cc1ccccc1)NC(=O)OC(C)(C)C)C(=O)N[C@H](Cc1cnc(NC(=O)OC(C)(C)C)nc1)C(=O)OCC. The molecule has 4 atom stereocenters. The molecule has 320 valence electrons. The Morgan fingerprint density at radius 1 is 0.576 bits per heavy atom. The van der Waals surface area contributed by atoms with Gasteiger partial charge in [-0.05, 0) is 71.6 Å². The smallest absolute Gasteiger partial charge is 0.414 e. The lowest BCUT2D eigenvalue weighted by molar-refractivity contribution is -0.147. The summed E-state index contributed by atoms with van der Waals surface area (Å²) in [4.78, 5) is 88.6. The van der Waals surface area contributed by atoms with Crippen LogP contribution in [0.5, 0.6) is 0 Å². The van der Waals surface area contributed by atoms with Crippen molar-refractivity contribution >= 4 is 41.8 Å². The third-order valence-electron chi connectivity index (χ3n) is 8.33. The summed E-state index contributed by atoms with van der Waals surface area (Å²) in [6.07, 6.45) is 2.84. The first-order valence-electron chi connectivity index (χ1n) is 19.8. The van der Waals surface area contributed by atoms with Crippen LogP contribution in [0, 0.1) is 0 Å². The van der Waals surface area contributed by atoms with Crippen LogP contribution in [0.4, 0.5) is 15.5 Å². The standard InChI is InChI=1S/C43H59N7O9/c1-9-11-22-31(35(51)48-34(38(54)57-10-2)25-30-26-44-39(45-27-30)50-41(56)59-43(6,7)8)46-36(52)32(23-28-18-14-12-15-19-28)47-37(53)33(24-29-20-16-13-17-21-29)49-40(55)58-42(3,4)5/h12-21,26-27,31-34H,9-11,22-25H2,1-8H3,(H,46,52)(H,47,53)(H,48,51)(H,49,55)(H,44,45,50,56)/t31-,32-,33-,34-/m1/s1. The number of hydrogen-bond donors (Lipinski definition) is 5. The topological polar surface area (TPSA) is 216 Å². The van der Waals surface area contributed by atoms with E-state index >= 15 is 0 Å². The minimum absolute atomic E-state index is 0.0220. The molecule has 5 amide bonds. The van der Waals surface area contributed by atoms with Crippen LogP contribution in [-0.2, 0) is 52.7 Å². The Morgan fingerprint density at radius 3 is 1.51 bits per heavy atom. The molecule has 16 nitrogen and oxygen atoms in total. The van der Waals surface area contributed by atoms with Crippen molar-refractivity contribution in [1.82, 2.24) is 31.2 Å². The Labute approximate surface area is 346 Å². The van der Waals surface area contributed by atoms with Crippen molar-refractivity contribution in [3.05, 3.63) is 89.7 Å². The van der Waals surface area contributed by atoms with Gasteiger partial charge < -0.3 is 35.5 Å². The van der Waals surface area contributed by atoms with Crippen LogP contribution in [0.3, 0.4) is 0 Å². The number of hydrogen-bond acceptors (Lipinski definition) is 11. The predicted molar refractivity (Wildman–Crippen MR) is 221 cm³/mol. The van der Waals surface area contributed by atoms with E-state index in [1.54, 1.807) is 60.6 Å². The van der Waals surface area contributed by atoms with Gasteiger partial charge in [0.25, 0.3) is 0 Å². The number of aromatic nitrogens is 2. The third kappa shape index (κ3) is 18.0. The van der Waals surface area contributed by atoms with Crippen LogP contribution in [-0.4, -0.2) is 87.8 Å². The van der Waals surface area contributed by atoms with Crippen molar-refractivity contribution in [1.29, 1.82) is 0 Å². The van der Waals surface area contributed by atoms with Gasteiger partial charge in [-0.15, -0.1) is 0 Å². The first kappa shape index (κ1) is 47.3. The maximum absolute atomic E-state index is 14.2. The number of rotatable bonds is 19. The van der Waals surface area contributed by atoms with Crippen molar-refractivity contribution in [2.75, 3.05) is 11.9 Å². The minimum atomic E-state index is -1.19. The van der Waals surface area contributed by atoms with Gasteiger partial charge in [-0.25, -0.2) is 24.4 Å². The number of esters is 1. The van der Waals surface area contributed by atoms with Crippen LogP contribution in [0.15, 0.2) is 73.1 Å². The van der Waals surface area contributed by atoms with Gasteiger partial charge in [-0.3, -0.25) is 19.7 Å². The number of ether oxygens (including phenoxy) is 3. The van der Waals surface area contributed by atoms with E-state index in [1.165, 1.54) is 12.4 Å². The van der Waals surface area contributed by atoms with Crippen LogP contribution in [0.1, 0.15) is 91.3 Å². The second-order valence-electron chi connectivity index (χ2n) is 15.9. The predicted octanol–water partition coefficient (Wildman–Crippen LogP) is 4.95. The molecule has 3 rings (SSSR count). The molecule has 2 aromatic carbocycles. The van der Waals surface area contributed by atoms with Crippen LogP contribution >= 0.6 is 0 Å². The molecule has 0 aliphatic heterocycles. The fourth-order valence-corrected chi connectivity index (χ4v) is 5.65. The largest absolute Gasteiger partial charge is 0.464 e. The van der Waals surface area contributed by atoms with E-state index in [1.807, 2.05) is 55.5 Å². The van der Waals surface area contributed by atoms with Crippen LogP contribution < -0.4 is 26.6 Å². The summed E-state index contributed by atoms with van der Waals surface area (Å²) in [6, 6.07) is 13.6. The van der Waals surface area contributed by atoms with E-state index < -0.39 is 71.2 Å². The number of benzene rings is 2. The summed E-state index contributed by atoms with van der Waals surface area (Å²) in [6.45, 7) is 13.9. The third-order valence-corrected chi connectivity index (χ3v) is 8.33. The fourth-order valence-electron chi connectivity index (χ4n) is 5.65. The molecule has 3 aromatic rings. The number of nitrogens with zero attached hydrogens (tertiary/aromatic N) is 2. The molecule has 0 aliphatic rings. The average molecular weight is 818 g/mol. The number of carbonyl (C=O) groups excluding carboxylic acids is 6. The highest BCUT2D eigenvalue weighted by Crippen LogP contribution is 2.13. The number of unbranched alkanes of at least 4 members (excludes halogenated alkanes) is 1. The van der Waals surface area contributed by atoms with Gasteiger partial charge >= 0.3 is 18.2 Å². The van der Waals surface area contributed by atoms with Crippen molar-refractivity contribution in [2.24, 2.45) is 0 Å². The molecular formula is C43H59N7O9. The van der Waals surface area contributed by atoms with E-state index in [4.69, 9.17) is 14.2 Å². The Bertz CT molecular complexity index is 1830. The van der Waals surface area contributed by atoms with E-state index in [-0.39, 0.29) is 38.2 Å². The molecule has 0 aliphatic carbocycles. The monoisotopic (exact) mass is 817 g/mol. The molecule has 5 N–H and O–H groups in total. The molecule has 59 heavy (non-hydrogen) atoms. The lowest BCUT2D eigenvalue weighted by Gasteiger charge is -2.27. The minimum Gasteiger partial charge on any atom is -0.464 e. The molecule has 0 bridgehead atoms.